The Bertz CT molecular complexity index is 1070. The number of nitrogens with zero attached hydrogens (tertiary/aromatic N) is 3. The molecule has 0 atom stereocenters. The van der Waals surface area contributed by atoms with Crippen molar-refractivity contribution in [1.82, 2.24) is 14.8 Å². The first kappa shape index (κ1) is 19.9. The van der Waals surface area contributed by atoms with Gasteiger partial charge in [-0.3, -0.25) is 9.36 Å². The SMILES string of the molecule is Cc1ccc(-n2cnnc2SCC(=O)Nc2cc3c(cc2Cl)OCCO3)cc1Cl. The summed E-state index contributed by atoms with van der Waals surface area (Å²) in [6.45, 7) is 2.86. The topological polar surface area (TPSA) is 78.3 Å². The number of amides is 1. The van der Waals surface area contributed by atoms with E-state index in [2.05, 4.69) is 15.5 Å². The van der Waals surface area contributed by atoms with Crippen LogP contribution in [0.1, 0.15) is 5.56 Å². The molecule has 1 aliphatic heterocycles. The highest BCUT2D eigenvalue weighted by molar-refractivity contribution is 7.99. The highest BCUT2D eigenvalue weighted by Crippen LogP contribution is 2.38. The summed E-state index contributed by atoms with van der Waals surface area (Å²) in [5.41, 5.74) is 2.27. The quantitative estimate of drug-likeness (QED) is 0.580. The lowest BCUT2D eigenvalue weighted by molar-refractivity contribution is -0.113. The van der Waals surface area contributed by atoms with Crippen LogP contribution >= 0.6 is 35.0 Å². The van der Waals surface area contributed by atoms with Crippen molar-refractivity contribution < 1.29 is 14.3 Å². The molecule has 7 nitrogen and oxygen atoms in total. The van der Waals surface area contributed by atoms with Gasteiger partial charge in [-0.1, -0.05) is 41.0 Å². The molecule has 2 heterocycles. The summed E-state index contributed by atoms with van der Waals surface area (Å²) < 4.78 is 12.8. The number of aryl methyl sites for hydroxylation is 1. The summed E-state index contributed by atoms with van der Waals surface area (Å²) in [5, 5.41) is 12.4. The van der Waals surface area contributed by atoms with E-state index in [1.54, 1.807) is 23.0 Å². The van der Waals surface area contributed by atoms with Crippen molar-refractivity contribution >= 4 is 46.6 Å². The molecule has 1 amide bonds. The zero-order chi connectivity index (χ0) is 20.4. The predicted octanol–water partition coefficient (Wildman–Crippen LogP) is 4.38. The maximum atomic E-state index is 12.4. The molecule has 0 spiro atoms. The Balaban J connectivity index is 1.43. The Kier molecular flexibility index (Phi) is 5.84. The molecule has 1 N–H and O–H groups in total. The third kappa shape index (κ3) is 4.44. The first-order valence-corrected chi connectivity index (χ1v) is 10.4. The van der Waals surface area contributed by atoms with Gasteiger partial charge in [-0.15, -0.1) is 10.2 Å². The monoisotopic (exact) mass is 450 g/mol. The maximum absolute atomic E-state index is 12.4. The number of ether oxygens (including phenoxy) is 2. The Labute approximate surface area is 181 Å². The zero-order valence-corrected chi connectivity index (χ0v) is 17.6. The van der Waals surface area contributed by atoms with Crippen molar-refractivity contribution in [3.63, 3.8) is 0 Å². The van der Waals surface area contributed by atoms with E-state index in [0.717, 1.165) is 11.3 Å². The van der Waals surface area contributed by atoms with E-state index in [-0.39, 0.29) is 11.7 Å². The first-order valence-electron chi connectivity index (χ1n) is 8.69. The van der Waals surface area contributed by atoms with E-state index < -0.39 is 0 Å². The van der Waals surface area contributed by atoms with E-state index in [1.807, 2.05) is 25.1 Å². The van der Waals surface area contributed by atoms with Gasteiger partial charge in [0.25, 0.3) is 0 Å². The molecule has 10 heteroatoms. The smallest absolute Gasteiger partial charge is 0.234 e. The van der Waals surface area contributed by atoms with Gasteiger partial charge in [0, 0.05) is 17.2 Å². The molecule has 1 aliphatic rings. The lowest BCUT2D eigenvalue weighted by atomic mass is 10.2. The number of hydrogen-bond acceptors (Lipinski definition) is 6. The van der Waals surface area contributed by atoms with Crippen LogP contribution in [0.25, 0.3) is 5.69 Å². The fourth-order valence-corrected chi connectivity index (χ4v) is 3.81. The minimum atomic E-state index is -0.231. The third-order valence-electron chi connectivity index (χ3n) is 4.19. The van der Waals surface area contributed by atoms with Crippen LogP contribution in [0, 0.1) is 6.92 Å². The molecule has 0 unspecified atom stereocenters. The van der Waals surface area contributed by atoms with Crippen molar-refractivity contribution in [3.05, 3.63) is 52.3 Å². The predicted molar refractivity (Wildman–Crippen MR) is 113 cm³/mol. The summed E-state index contributed by atoms with van der Waals surface area (Å²) in [5.74, 6) is 1.02. The largest absolute Gasteiger partial charge is 0.486 e. The molecular formula is C19H16Cl2N4O3S. The van der Waals surface area contributed by atoms with Crippen molar-refractivity contribution in [2.24, 2.45) is 0 Å². The Morgan fingerprint density at radius 1 is 1.17 bits per heavy atom. The summed E-state index contributed by atoms with van der Waals surface area (Å²) >= 11 is 13.7. The Morgan fingerprint density at radius 2 is 1.93 bits per heavy atom. The molecule has 1 aromatic heterocycles. The van der Waals surface area contributed by atoms with Gasteiger partial charge in [0.05, 0.1) is 22.2 Å². The molecule has 0 aliphatic carbocycles. The lowest BCUT2D eigenvalue weighted by Gasteiger charge is -2.20. The Hall–Kier alpha value is -2.42. The zero-order valence-electron chi connectivity index (χ0n) is 15.3. The van der Waals surface area contributed by atoms with E-state index >= 15 is 0 Å². The minimum Gasteiger partial charge on any atom is -0.486 e. The number of benzene rings is 2. The number of thioether (sulfide) groups is 1. The number of rotatable bonds is 5. The number of nitrogens with one attached hydrogen (secondary N) is 1. The molecule has 0 bridgehead atoms. The van der Waals surface area contributed by atoms with Gasteiger partial charge < -0.3 is 14.8 Å². The van der Waals surface area contributed by atoms with Crippen molar-refractivity contribution in [2.45, 2.75) is 12.1 Å². The van der Waals surface area contributed by atoms with Crippen LogP contribution in [0.4, 0.5) is 5.69 Å². The number of anilines is 1. The van der Waals surface area contributed by atoms with Gasteiger partial charge in [0.1, 0.15) is 19.5 Å². The number of carbonyl (C=O) groups is 1. The van der Waals surface area contributed by atoms with Crippen molar-refractivity contribution in [1.29, 1.82) is 0 Å². The van der Waals surface area contributed by atoms with Gasteiger partial charge in [0.15, 0.2) is 16.7 Å². The highest BCUT2D eigenvalue weighted by Gasteiger charge is 2.17. The summed E-state index contributed by atoms with van der Waals surface area (Å²) in [4.78, 5) is 12.4. The van der Waals surface area contributed by atoms with Crippen LogP contribution in [-0.4, -0.2) is 39.6 Å². The van der Waals surface area contributed by atoms with E-state index in [4.69, 9.17) is 32.7 Å². The van der Waals surface area contributed by atoms with Crippen LogP contribution in [-0.2, 0) is 4.79 Å². The molecule has 2 aromatic carbocycles. The van der Waals surface area contributed by atoms with Crippen LogP contribution < -0.4 is 14.8 Å². The molecule has 3 aromatic rings. The second kappa shape index (κ2) is 8.52. The summed E-state index contributed by atoms with van der Waals surface area (Å²) in [6.07, 6.45) is 1.58. The van der Waals surface area contributed by atoms with Gasteiger partial charge in [-0.2, -0.15) is 0 Å². The average molecular weight is 451 g/mol. The van der Waals surface area contributed by atoms with Crippen LogP contribution in [0.5, 0.6) is 11.5 Å². The van der Waals surface area contributed by atoms with E-state index in [0.29, 0.717) is 45.6 Å². The highest BCUT2D eigenvalue weighted by atomic mass is 35.5. The fraction of sp³-hybridized carbons (Fsp3) is 0.211. The second-order valence-electron chi connectivity index (χ2n) is 6.23. The van der Waals surface area contributed by atoms with Crippen LogP contribution in [0.15, 0.2) is 41.8 Å². The normalized spacial score (nSPS) is 12.7. The van der Waals surface area contributed by atoms with Gasteiger partial charge in [-0.05, 0) is 24.6 Å². The summed E-state index contributed by atoms with van der Waals surface area (Å²) in [6, 6.07) is 8.97. The molecule has 150 valence electrons. The van der Waals surface area contributed by atoms with Crippen LogP contribution in [0.3, 0.4) is 0 Å². The number of carbonyl (C=O) groups excluding carboxylic acids is 1. The van der Waals surface area contributed by atoms with E-state index in [9.17, 15) is 4.79 Å². The molecule has 0 radical (unpaired) electrons. The number of hydrogen-bond donors (Lipinski definition) is 1. The van der Waals surface area contributed by atoms with Gasteiger partial charge >= 0.3 is 0 Å². The third-order valence-corrected chi connectivity index (χ3v) is 5.85. The lowest BCUT2D eigenvalue weighted by Crippen LogP contribution is -2.17. The number of aromatic nitrogens is 3. The molecule has 0 saturated carbocycles. The van der Waals surface area contributed by atoms with Crippen molar-refractivity contribution in [3.8, 4) is 17.2 Å². The van der Waals surface area contributed by atoms with Gasteiger partial charge in [0.2, 0.25) is 5.91 Å². The molecule has 29 heavy (non-hydrogen) atoms. The standard InChI is InChI=1S/C19H16Cl2N4O3S/c1-11-2-3-12(6-13(11)20)25-10-22-24-19(25)29-9-18(26)23-15-8-17-16(7-14(15)21)27-4-5-28-17/h2-3,6-8,10H,4-5,9H2,1H3,(H,23,26). The van der Waals surface area contributed by atoms with Crippen LogP contribution in [0.2, 0.25) is 10.0 Å². The molecule has 0 saturated heterocycles. The van der Waals surface area contributed by atoms with E-state index in [1.165, 1.54) is 11.8 Å². The number of fused-ring (bicyclic) bond motifs is 1. The molecular weight excluding hydrogens is 435 g/mol. The van der Waals surface area contributed by atoms with Crippen molar-refractivity contribution in [2.75, 3.05) is 24.3 Å². The fourth-order valence-electron chi connectivity index (χ4n) is 2.71. The molecule has 4 rings (SSSR count). The average Bonchev–Trinajstić information content (AvgIpc) is 3.18. The van der Waals surface area contributed by atoms with Gasteiger partial charge in [-0.25, -0.2) is 0 Å². The maximum Gasteiger partial charge on any atom is 0.234 e. The Morgan fingerprint density at radius 3 is 2.69 bits per heavy atom. The number of halogens is 2. The second-order valence-corrected chi connectivity index (χ2v) is 7.99. The summed E-state index contributed by atoms with van der Waals surface area (Å²) in [7, 11) is 0. The molecule has 0 fully saturated rings. The first-order chi connectivity index (χ1) is 14.0. The minimum absolute atomic E-state index is 0.128.